The highest BCUT2D eigenvalue weighted by Gasteiger charge is 2.16. The summed E-state index contributed by atoms with van der Waals surface area (Å²) in [6.07, 6.45) is 3.85. The molecule has 1 aliphatic heterocycles. The molecule has 0 saturated carbocycles. The monoisotopic (exact) mass is 167 g/mol. The summed E-state index contributed by atoms with van der Waals surface area (Å²) in [5.74, 6) is 0.301. The van der Waals surface area contributed by atoms with Gasteiger partial charge in [-0.3, -0.25) is 4.79 Å². The van der Waals surface area contributed by atoms with E-state index >= 15 is 0 Å². The van der Waals surface area contributed by atoms with Gasteiger partial charge in [-0.15, -0.1) is 6.58 Å². The minimum atomic E-state index is 0.301. The third-order valence-corrected chi connectivity index (χ3v) is 2.22. The number of carbonyl (C=O) groups excluding carboxylic acids is 1. The summed E-state index contributed by atoms with van der Waals surface area (Å²) in [6.45, 7) is 7.69. The number of likely N-dealkylation sites (tertiary alicyclic amines) is 1. The lowest BCUT2D eigenvalue weighted by molar-refractivity contribution is -0.130. The first kappa shape index (κ1) is 9.30. The van der Waals surface area contributed by atoms with Gasteiger partial charge in [0.05, 0.1) is 0 Å². The van der Waals surface area contributed by atoms with Crippen LogP contribution in [0.1, 0.15) is 32.6 Å². The third kappa shape index (κ3) is 2.68. The van der Waals surface area contributed by atoms with Crippen LogP contribution in [0.3, 0.4) is 0 Å². The van der Waals surface area contributed by atoms with Crippen molar-refractivity contribution in [1.82, 2.24) is 4.90 Å². The minimum Gasteiger partial charge on any atom is -0.343 e. The molecule has 0 radical (unpaired) electrons. The largest absolute Gasteiger partial charge is 0.343 e. The second-order valence-corrected chi connectivity index (χ2v) is 3.55. The number of carbonyl (C=O) groups is 1. The number of hydrogen-bond acceptors (Lipinski definition) is 1. The van der Waals surface area contributed by atoms with Gasteiger partial charge in [-0.1, -0.05) is 5.57 Å². The summed E-state index contributed by atoms with van der Waals surface area (Å²) in [5, 5.41) is 0. The van der Waals surface area contributed by atoms with Crippen molar-refractivity contribution in [3.05, 3.63) is 12.2 Å². The first-order valence-corrected chi connectivity index (χ1v) is 4.62. The number of amides is 1. The maximum atomic E-state index is 11.4. The van der Waals surface area contributed by atoms with Crippen molar-refractivity contribution in [1.29, 1.82) is 0 Å². The van der Waals surface area contributed by atoms with Crippen molar-refractivity contribution in [2.45, 2.75) is 32.6 Å². The predicted octanol–water partition coefficient (Wildman–Crippen LogP) is 1.97. The molecule has 0 aromatic heterocycles. The molecule has 0 spiro atoms. The summed E-state index contributed by atoms with van der Waals surface area (Å²) in [7, 11) is 0. The Hall–Kier alpha value is -0.790. The van der Waals surface area contributed by atoms with Crippen molar-refractivity contribution in [3.8, 4) is 0 Å². The van der Waals surface area contributed by atoms with Crippen molar-refractivity contribution in [3.63, 3.8) is 0 Å². The van der Waals surface area contributed by atoms with Crippen LogP contribution in [0.15, 0.2) is 12.2 Å². The van der Waals surface area contributed by atoms with Gasteiger partial charge in [0.1, 0.15) is 0 Å². The Kier molecular flexibility index (Phi) is 3.32. The number of hydrogen-bond donors (Lipinski definition) is 0. The molecule has 0 N–H and O–H groups in total. The van der Waals surface area contributed by atoms with Crippen LogP contribution in [-0.2, 0) is 4.79 Å². The van der Waals surface area contributed by atoms with Gasteiger partial charge < -0.3 is 4.90 Å². The van der Waals surface area contributed by atoms with Gasteiger partial charge in [0.15, 0.2) is 0 Å². The van der Waals surface area contributed by atoms with E-state index in [1.54, 1.807) is 0 Å². The Balaban J connectivity index is 2.23. The molecule has 1 aliphatic rings. The number of rotatable bonds is 3. The van der Waals surface area contributed by atoms with Crippen LogP contribution < -0.4 is 0 Å². The molecule has 1 heterocycles. The van der Waals surface area contributed by atoms with E-state index < -0.39 is 0 Å². The maximum Gasteiger partial charge on any atom is 0.222 e. The van der Waals surface area contributed by atoms with E-state index in [0.717, 1.165) is 25.1 Å². The highest BCUT2D eigenvalue weighted by atomic mass is 16.2. The first-order valence-electron chi connectivity index (χ1n) is 4.62. The van der Waals surface area contributed by atoms with Crippen molar-refractivity contribution >= 4 is 5.91 Å². The van der Waals surface area contributed by atoms with Gasteiger partial charge in [0.25, 0.3) is 0 Å². The molecule has 2 nitrogen and oxygen atoms in total. The highest BCUT2D eigenvalue weighted by molar-refractivity contribution is 5.76. The quantitative estimate of drug-likeness (QED) is 0.588. The van der Waals surface area contributed by atoms with E-state index in [1.807, 2.05) is 11.8 Å². The summed E-state index contributed by atoms with van der Waals surface area (Å²) in [5.41, 5.74) is 1.10. The van der Waals surface area contributed by atoms with Crippen LogP contribution in [0.4, 0.5) is 0 Å². The molecule has 1 rings (SSSR count). The van der Waals surface area contributed by atoms with Gasteiger partial charge in [0, 0.05) is 19.5 Å². The molecule has 0 unspecified atom stereocenters. The van der Waals surface area contributed by atoms with E-state index in [2.05, 4.69) is 6.58 Å². The van der Waals surface area contributed by atoms with Gasteiger partial charge >= 0.3 is 0 Å². The summed E-state index contributed by atoms with van der Waals surface area (Å²) >= 11 is 0. The van der Waals surface area contributed by atoms with E-state index in [-0.39, 0.29) is 0 Å². The second-order valence-electron chi connectivity index (χ2n) is 3.55. The second kappa shape index (κ2) is 4.29. The smallest absolute Gasteiger partial charge is 0.222 e. The fourth-order valence-electron chi connectivity index (χ4n) is 1.44. The van der Waals surface area contributed by atoms with E-state index in [0.29, 0.717) is 12.3 Å². The summed E-state index contributed by atoms with van der Waals surface area (Å²) < 4.78 is 0. The first-order chi connectivity index (χ1) is 5.70. The summed E-state index contributed by atoms with van der Waals surface area (Å²) in [6, 6.07) is 0. The number of allylic oxidation sites excluding steroid dienone is 1. The average Bonchev–Trinajstić information content (AvgIpc) is 2.51. The lowest BCUT2D eigenvalue weighted by Crippen LogP contribution is -2.27. The van der Waals surface area contributed by atoms with Gasteiger partial charge in [-0.25, -0.2) is 0 Å². The Morgan fingerprint density at radius 2 is 1.92 bits per heavy atom. The van der Waals surface area contributed by atoms with Crippen LogP contribution in [0.2, 0.25) is 0 Å². The van der Waals surface area contributed by atoms with Crippen LogP contribution in [0.5, 0.6) is 0 Å². The van der Waals surface area contributed by atoms with Gasteiger partial charge in [-0.2, -0.15) is 0 Å². The Labute approximate surface area is 74.2 Å². The van der Waals surface area contributed by atoms with E-state index in [4.69, 9.17) is 0 Å². The van der Waals surface area contributed by atoms with Crippen LogP contribution in [0, 0.1) is 0 Å². The Bertz CT molecular complexity index is 180. The van der Waals surface area contributed by atoms with Crippen LogP contribution >= 0.6 is 0 Å². The molecule has 0 aromatic rings. The standard InChI is InChI=1S/C10H17NO/c1-9(2)5-6-10(12)11-7-3-4-8-11/h1,3-8H2,2H3. The zero-order valence-electron chi connectivity index (χ0n) is 7.81. The van der Waals surface area contributed by atoms with Crippen molar-refractivity contribution in [2.24, 2.45) is 0 Å². The lowest BCUT2D eigenvalue weighted by Gasteiger charge is -2.14. The van der Waals surface area contributed by atoms with Crippen LogP contribution in [0.25, 0.3) is 0 Å². The molecule has 2 heteroatoms. The minimum absolute atomic E-state index is 0.301. The summed E-state index contributed by atoms with van der Waals surface area (Å²) in [4.78, 5) is 13.4. The molecule has 68 valence electrons. The molecule has 1 amide bonds. The van der Waals surface area contributed by atoms with Crippen molar-refractivity contribution < 1.29 is 4.79 Å². The Morgan fingerprint density at radius 1 is 1.33 bits per heavy atom. The molecule has 1 fully saturated rings. The lowest BCUT2D eigenvalue weighted by atomic mass is 10.2. The topological polar surface area (TPSA) is 20.3 Å². The molecule has 0 bridgehead atoms. The van der Waals surface area contributed by atoms with E-state index in [9.17, 15) is 4.79 Å². The average molecular weight is 167 g/mol. The number of nitrogens with zero attached hydrogens (tertiary/aromatic N) is 1. The molecule has 0 atom stereocenters. The zero-order chi connectivity index (χ0) is 8.97. The zero-order valence-corrected chi connectivity index (χ0v) is 7.81. The van der Waals surface area contributed by atoms with Gasteiger partial charge in [0.2, 0.25) is 5.91 Å². The third-order valence-electron chi connectivity index (χ3n) is 2.22. The van der Waals surface area contributed by atoms with Crippen LogP contribution in [-0.4, -0.2) is 23.9 Å². The Morgan fingerprint density at radius 3 is 2.42 bits per heavy atom. The normalized spacial score (nSPS) is 16.6. The van der Waals surface area contributed by atoms with E-state index in [1.165, 1.54) is 12.8 Å². The molecule has 0 aliphatic carbocycles. The molecule has 12 heavy (non-hydrogen) atoms. The fraction of sp³-hybridized carbons (Fsp3) is 0.700. The van der Waals surface area contributed by atoms with Crippen molar-refractivity contribution in [2.75, 3.05) is 13.1 Å². The molecule has 0 aromatic carbocycles. The molecular formula is C10H17NO. The maximum absolute atomic E-state index is 11.4. The SMILES string of the molecule is C=C(C)CCC(=O)N1CCCC1. The predicted molar refractivity (Wildman–Crippen MR) is 49.9 cm³/mol. The fourth-order valence-corrected chi connectivity index (χ4v) is 1.44. The van der Waals surface area contributed by atoms with Gasteiger partial charge in [-0.05, 0) is 26.2 Å². The highest BCUT2D eigenvalue weighted by Crippen LogP contribution is 2.11. The molecule has 1 saturated heterocycles. The molecular weight excluding hydrogens is 150 g/mol.